The van der Waals surface area contributed by atoms with E-state index in [1.54, 1.807) is 29.6 Å². The van der Waals surface area contributed by atoms with Crippen LogP contribution < -0.4 is 10.6 Å². The Morgan fingerprint density at radius 2 is 1.64 bits per heavy atom. The predicted molar refractivity (Wildman–Crippen MR) is 108 cm³/mol. The lowest BCUT2D eigenvalue weighted by molar-refractivity contribution is -0.116. The molecule has 1 atom stereocenters. The summed E-state index contributed by atoms with van der Waals surface area (Å²) in [7, 11) is 0. The molecule has 142 valence electrons. The molecule has 1 unspecified atom stereocenters. The lowest BCUT2D eigenvalue weighted by atomic mass is 10.0. The molecule has 7 heteroatoms. The fraction of sp³-hybridized carbons (Fsp3) is 0.143. The highest BCUT2D eigenvalue weighted by Crippen LogP contribution is 2.20. The number of nitrogens with one attached hydrogen (secondary N) is 2. The number of carbonyl (C=O) groups is 3. The van der Waals surface area contributed by atoms with Gasteiger partial charge in [-0.05, 0) is 17.7 Å². The van der Waals surface area contributed by atoms with E-state index in [0.717, 1.165) is 5.56 Å². The van der Waals surface area contributed by atoms with Gasteiger partial charge in [-0.1, -0.05) is 48.5 Å². The number of amides is 2. The lowest BCUT2D eigenvalue weighted by Crippen LogP contribution is -2.31. The van der Waals surface area contributed by atoms with E-state index in [2.05, 4.69) is 15.6 Å². The monoisotopic (exact) mass is 393 g/mol. The van der Waals surface area contributed by atoms with Crippen molar-refractivity contribution in [1.82, 2.24) is 10.3 Å². The Kier molecular flexibility index (Phi) is 6.29. The number of benzene rings is 2. The molecule has 6 nitrogen and oxygen atoms in total. The molecule has 0 saturated carbocycles. The van der Waals surface area contributed by atoms with Crippen molar-refractivity contribution in [3.8, 4) is 0 Å². The van der Waals surface area contributed by atoms with Crippen LogP contribution >= 0.6 is 11.3 Å². The van der Waals surface area contributed by atoms with Crippen molar-refractivity contribution in [2.45, 2.75) is 19.4 Å². The Balaban J connectivity index is 1.72. The number of ketones is 1. The molecule has 2 N–H and O–H groups in total. The summed E-state index contributed by atoms with van der Waals surface area (Å²) in [6, 6.07) is 17.7. The molecule has 0 radical (unpaired) electrons. The Morgan fingerprint density at radius 1 is 1.00 bits per heavy atom. The molecule has 1 heterocycles. The van der Waals surface area contributed by atoms with E-state index >= 15 is 0 Å². The fourth-order valence-electron chi connectivity index (χ4n) is 2.62. The summed E-state index contributed by atoms with van der Waals surface area (Å²) in [6.07, 6.45) is 0.0393. The van der Waals surface area contributed by atoms with E-state index in [1.807, 2.05) is 36.4 Å². The molecule has 0 aliphatic carbocycles. The number of Topliss-reactive ketones (excluding diaryl/α,β-unsaturated/α-hetero) is 1. The third kappa shape index (κ3) is 5.11. The first kappa shape index (κ1) is 19.4. The maximum atomic E-state index is 12.6. The third-order valence-electron chi connectivity index (χ3n) is 4.04. The molecule has 0 aliphatic rings. The van der Waals surface area contributed by atoms with Gasteiger partial charge in [0.1, 0.15) is 5.69 Å². The zero-order valence-corrected chi connectivity index (χ0v) is 16.0. The lowest BCUT2D eigenvalue weighted by Gasteiger charge is -2.19. The Hall–Kier alpha value is -3.32. The van der Waals surface area contributed by atoms with Crippen LogP contribution in [0, 0.1) is 0 Å². The van der Waals surface area contributed by atoms with E-state index in [-0.39, 0.29) is 24.0 Å². The third-order valence-corrected chi connectivity index (χ3v) is 4.80. The molecular formula is C21H19N3O3S. The van der Waals surface area contributed by atoms with Crippen LogP contribution in [0.4, 0.5) is 5.13 Å². The predicted octanol–water partition coefficient (Wildman–Crippen LogP) is 3.85. The van der Waals surface area contributed by atoms with E-state index in [4.69, 9.17) is 0 Å². The number of carbonyl (C=O) groups excluding carboxylic acids is 3. The summed E-state index contributed by atoms with van der Waals surface area (Å²) >= 11 is 1.19. The van der Waals surface area contributed by atoms with Crippen LogP contribution in [0.5, 0.6) is 0 Å². The van der Waals surface area contributed by atoms with Crippen LogP contribution in [0.1, 0.15) is 45.8 Å². The van der Waals surface area contributed by atoms with E-state index in [1.165, 1.54) is 18.3 Å². The molecular weight excluding hydrogens is 374 g/mol. The first-order chi connectivity index (χ1) is 13.5. The minimum absolute atomic E-state index is 0.0393. The van der Waals surface area contributed by atoms with Crippen LogP contribution in [0.2, 0.25) is 0 Å². The number of nitrogens with zero attached hydrogens (tertiary/aromatic N) is 1. The van der Waals surface area contributed by atoms with Crippen LogP contribution in [0.15, 0.2) is 66.0 Å². The average molecular weight is 393 g/mol. The summed E-state index contributed by atoms with van der Waals surface area (Å²) in [5.41, 5.74) is 1.66. The van der Waals surface area contributed by atoms with Gasteiger partial charge in [-0.25, -0.2) is 4.98 Å². The molecule has 28 heavy (non-hydrogen) atoms. The second-order valence-electron chi connectivity index (χ2n) is 6.15. The second-order valence-corrected chi connectivity index (χ2v) is 7.01. The summed E-state index contributed by atoms with van der Waals surface area (Å²) < 4.78 is 0. The molecule has 2 amide bonds. The van der Waals surface area contributed by atoms with Crippen LogP contribution in [0.25, 0.3) is 0 Å². The largest absolute Gasteiger partial charge is 0.345 e. The van der Waals surface area contributed by atoms with Crippen molar-refractivity contribution in [3.05, 3.63) is 82.9 Å². The number of aromatic nitrogens is 1. The van der Waals surface area contributed by atoms with Crippen molar-refractivity contribution < 1.29 is 14.4 Å². The van der Waals surface area contributed by atoms with Crippen molar-refractivity contribution in [2.24, 2.45) is 0 Å². The highest BCUT2D eigenvalue weighted by atomic mass is 32.1. The van der Waals surface area contributed by atoms with Crippen molar-refractivity contribution in [1.29, 1.82) is 0 Å². The molecule has 2 aromatic carbocycles. The number of thiazole rings is 1. The number of rotatable bonds is 7. The zero-order valence-electron chi connectivity index (χ0n) is 15.2. The quantitative estimate of drug-likeness (QED) is 0.597. The van der Waals surface area contributed by atoms with Gasteiger partial charge < -0.3 is 10.6 Å². The molecule has 3 aromatic rings. The molecule has 0 aliphatic heterocycles. The van der Waals surface area contributed by atoms with Gasteiger partial charge in [0, 0.05) is 17.9 Å². The summed E-state index contributed by atoms with van der Waals surface area (Å²) in [5, 5.41) is 7.57. The molecule has 0 fully saturated rings. The van der Waals surface area contributed by atoms with Gasteiger partial charge >= 0.3 is 0 Å². The molecule has 0 bridgehead atoms. The summed E-state index contributed by atoms with van der Waals surface area (Å²) in [5.74, 6) is -0.712. The molecule has 1 aromatic heterocycles. The fourth-order valence-corrected chi connectivity index (χ4v) is 3.38. The molecule has 0 saturated heterocycles. The average Bonchev–Trinajstić information content (AvgIpc) is 3.17. The Morgan fingerprint density at radius 3 is 2.25 bits per heavy atom. The van der Waals surface area contributed by atoms with E-state index < -0.39 is 6.04 Å². The first-order valence-corrected chi connectivity index (χ1v) is 9.58. The molecule has 3 rings (SSSR count). The minimum atomic E-state index is -0.499. The summed E-state index contributed by atoms with van der Waals surface area (Å²) in [4.78, 5) is 40.5. The van der Waals surface area contributed by atoms with Gasteiger partial charge in [-0.2, -0.15) is 0 Å². The van der Waals surface area contributed by atoms with Gasteiger partial charge in [-0.3, -0.25) is 14.4 Å². The summed E-state index contributed by atoms with van der Waals surface area (Å²) in [6.45, 7) is 1.42. The van der Waals surface area contributed by atoms with Crippen LogP contribution in [-0.4, -0.2) is 22.6 Å². The van der Waals surface area contributed by atoms with Crippen LogP contribution in [0.3, 0.4) is 0 Å². The number of hydrogen-bond donors (Lipinski definition) is 2. The minimum Gasteiger partial charge on any atom is -0.345 e. The number of anilines is 1. The highest BCUT2D eigenvalue weighted by molar-refractivity contribution is 7.14. The van der Waals surface area contributed by atoms with Gasteiger partial charge in [0.15, 0.2) is 10.9 Å². The Bertz CT molecular complexity index is 971. The molecule has 0 spiro atoms. The van der Waals surface area contributed by atoms with Gasteiger partial charge in [0.25, 0.3) is 5.91 Å². The SMILES string of the molecule is CC(=O)c1csc(NC(=O)CC(NC(=O)c2ccccc2)c2ccccc2)n1. The maximum absolute atomic E-state index is 12.6. The number of hydrogen-bond acceptors (Lipinski definition) is 5. The van der Waals surface area contributed by atoms with Crippen LogP contribution in [-0.2, 0) is 4.79 Å². The Labute approximate surface area is 166 Å². The topological polar surface area (TPSA) is 88.2 Å². The van der Waals surface area contributed by atoms with E-state index in [9.17, 15) is 14.4 Å². The van der Waals surface area contributed by atoms with Gasteiger partial charge in [-0.15, -0.1) is 11.3 Å². The van der Waals surface area contributed by atoms with Gasteiger partial charge in [0.05, 0.1) is 12.5 Å². The zero-order chi connectivity index (χ0) is 19.9. The normalized spacial score (nSPS) is 11.5. The smallest absolute Gasteiger partial charge is 0.251 e. The van der Waals surface area contributed by atoms with Gasteiger partial charge in [0.2, 0.25) is 5.91 Å². The van der Waals surface area contributed by atoms with E-state index in [0.29, 0.717) is 16.4 Å². The maximum Gasteiger partial charge on any atom is 0.251 e. The van der Waals surface area contributed by atoms with Crippen molar-refractivity contribution in [2.75, 3.05) is 5.32 Å². The van der Waals surface area contributed by atoms with Crippen molar-refractivity contribution in [3.63, 3.8) is 0 Å². The first-order valence-electron chi connectivity index (χ1n) is 8.70. The highest BCUT2D eigenvalue weighted by Gasteiger charge is 2.20. The van der Waals surface area contributed by atoms with Crippen molar-refractivity contribution >= 4 is 34.1 Å². The second kappa shape index (κ2) is 9.05. The standard InChI is InChI=1S/C21H19N3O3S/c1-14(25)18-13-28-21(23-18)24-19(26)12-17(15-8-4-2-5-9-15)22-20(27)16-10-6-3-7-11-16/h2-11,13,17H,12H2,1H3,(H,22,27)(H,23,24,26).